The molecule has 0 aliphatic carbocycles. The Balaban J connectivity index is 2.07. The average Bonchev–Trinajstić information content (AvgIpc) is 2.97. The average molecular weight is 195 g/mol. The molecule has 0 radical (unpaired) electrons. The van der Waals surface area contributed by atoms with Crippen LogP contribution in [-0.2, 0) is 0 Å². The van der Waals surface area contributed by atoms with Crippen LogP contribution in [0, 0.1) is 0 Å². The molecule has 0 unspecified atom stereocenters. The maximum Gasteiger partial charge on any atom is 0.0603 e. The van der Waals surface area contributed by atoms with Crippen molar-refractivity contribution in [1.82, 2.24) is 5.32 Å². The summed E-state index contributed by atoms with van der Waals surface area (Å²) in [6.45, 7) is 0.231. The third-order valence-electron chi connectivity index (χ3n) is 2.36. The molecular weight excluding hydrogens is 182 g/mol. The highest BCUT2D eigenvalue weighted by atomic mass is 32.2. The van der Waals surface area contributed by atoms with Crippen LogP contribution in [0.15, 0.2) is 29.2 Å². The molecule has 1 aliphatic rings. The maximum absolute atomic E-state index is 8.87. The normalized spacial score (nSPS) is 26.0. The minimum Gasteiger partial charge on any atom is -0.395 e. The number of thioether (sulfide) groups is 1. The van der Waals surface area contributed by atoms with Gasteiger partial charge in [-0.15, -0.1) is 11.8 Å². The Bertz CT molecular complexity index is 285. The van der Waals surface area contributed by atoms with Crippen LogP contribution in [0.4, 0.5) is 0 Å². The van der Waals surface area contributed by atoms with Gasteiger partial charge in [-0.3, -0.25) is 0 Å². The summed E-state index contributed by atoms with van der Waals surface area (Å²) in [6, 6.07) is 9.14. The van der Waals surface area contributed by atoms with Gasteiger partial charge in [0.15, 0.2) is 0 Å². The summed E-state index contributed by atoms with van der Waals surface area (Å²) in [6.07, 6.45) is 2.07. The van der Waals surface area contributed by atoms with Crippen molar-refractivity contribution >= 4 is 11.8 Å². The Labute approximate surface area is 82.4 Å². The lowest BCUT2D eigenvalue weighted by Gasteiger charge is -1.99. The van der Waals surface area contributed by atoms with Crippen molar-refractivity contribution in [3.05, 3.63) is 29.8 Å². The van der Waals surface area contributed by atoms with E-state index in [4.69, 9.17) is 5.11 Å². The van der Waals surface area contributed by atoms with Crippen molar-refractivity contribution in [2.45, 2.75) is 17.0 Å². The fourth-order valence-corrected chi connectivity index (χ4v) is 1.88. The van der Waals surface area contributed by atoms with Crippen molar-refractivity contribution in [1.29, 1.82) is 0 Å². The Morgan fingerprint density at radius 3 is 2.54 bits per heavy atom. The first-order valence-corrected chi connectivity index (χ1v) is 5.58. The predicted octanol–water partition coefficient (Wildman–Crippen LogP) is 1.41. The van der Waals surface area contributed by atoms with Crippen molar-refractivity contribution in [3.63, 3.8) is 0 Å². The first-order chi connectivity index (χ1) is 6.35. The SMILES string of the molecule is CSc1ccc([C@@H]2N[C@@H]2CO)cc1. The molecule has 0 aromatic heterocycles. The first-order valence-electron chi connectivity index (χ1n) is 4.36. The number of rotatable bonds is 3. The number of nitrogens with one attached hydrogen (secondary N) is 1. The number of aliphatic hydroxyl groups is 1. The van der Waals surface area contributed by atoms with Gasteiger partial charge in [-0.1, -0.05) is 12.1 Å². The summed E-state index contributed by atoms with van der Waals surface area (Å²) in [4.78, 5) is 1.28. The molecule has 0 amide bonds. The largest absolute Gasteiger partial charge is 0.395 e. The van der Waals surface area contributed by atoms with E-state index in [1.54, 1.807) is 11.8 Å². The molecule has 0 spiro atoms. The molecule has 1 saturated heterocycles. The van der Waals surface area contributed by atoms with Crippen LogP contribution in [0.25, 0.3) is 0 Å². The van der Waals surface area contributed by atoms with Crippen LogP contribution < -0.4 is 5.32 Å². The van der Waals surface area contributed by atoms with Crippen molar-refractivity contribution < 1.29 is 5.11 Å². The van der Waals surface area contributed by atoms with Gasteiger partial charge in [0.2, 0.25) is 0 Å². The van der Waals surface area contributed by atoms with Crippen LogP contribution in [-0.4, -0.2) is 24.0 Å². The lowest BCUT2D eigenvalue weighted by Crippen LogP contribution is -1.96. The van der Waals surface area contributed by atoms with Crippen LogP contribution in [0.1, 0.15) is 11.6 Å². The fourth-order valence-electron chi connectivity index (χ4n) is 1.47. The van der Waals surface area contributed by atoms with Gasteiger partial charge in [-0.25, -0.2) is 0 Å². The molecule has 2 N–H and O–H groups in total. The molecule has 1 aromatic carbocycles. The van der Waals surface area contributed by atoms with E-state index in [2.05, 4.69) is 35.8 Å². The molecule has 13 heavy (non-hydrogen) atoms. The zero-order valence-electron chi connectivity index (χ0n) is 7.53. The molecule has 1 fully saturated rings. The second-order valence-corrected chi connectivity index (χ2v) is 4.09. The zero-order chi connectivity index (χ0) is 9.26. The van der Waals surface area contributed by atoms with Gasteiger partial charge in [-0.05, 0) is 24.0 Å². The van der Waals surface area contributed by atoms with E-state index in [1.807, 2.05) is 0 Å². The van der Waals surface area contributed by atoms with Gasteiger partial charge in [-0.2, -0.15) is 0 Å². The maximum atomic E-state index is 8.87. The molecule has 0 bridgehead atoms. The summed E-state index contributed by atoms with van der Waals surface area (Å²) < 4.78 is 0. The molecule has 0 saturated carbocycles. The van der Waals surface area contributed by atoms with E-state index in [-0.39, 0.29) is 12.6 Å². The summed E-state index contributed by atoms with van der Waals surface area (Å²) in [5.41, 5.74) is 1.27. The summed E-state index contributed by atoms with van der Waals surface area (Å²) >= 11 is 1.75. The molecular formula is C10H13NOS. The second kappa shape index (κ2) is 3.70. The van der Waals surface area contributed by atoms with E-state index in [0.29, 0.717) is 6.04 Å². The zero-order valence-corrected chi connectivity index (χ0v) is 8.34. The minimum atomic E-state index is 0.231. The molecule has 1 aromatic rings. The van der Waals surface area contributed by atoms with Crippen LogP contribution in [0.3, 0.4) is 0 Å². The molecule has 3 heteroatoms. The Morgan fingerprint density at radius 1 is 1.38 bits per heavy atom. The Hall–Kier alpha value is -0.510. The molecule has 2 rings (SSSR count). The molecule has 2 nitrogen and oxygen atoms in total. The predicted molar refractivity (Wildman–Crippen MR) is 55.0 cm³/mol. The second-order valence-electron chi connectivity index (χ2n) is 3.21. The third-order valence-corrected chi connectivity index (χ3v) is 3.10. The van der Waals surface area contributed by atoms with E-state index in [1.165, 1.54) is 10.5 Å². The fraction of sp³-hybridized carbons (Fsp3) is 0.400. The smallest absolute Gasteiger partial charge is 0.0603 e. The first kappa shape index (κ1) is 9.06. The standard InChI is InChI=1S/C10H13NOS/c1-13-8-4-2-7(3-5-8)10-9(6-12)11-10/h2-5,9-12H,6H2,1H3/t9-,10+/m1/s1. The van der Waals surface area contributed by atoms with Crippen molar-refractivity contribution in [2.75, 3.05) is 12.9 Å². The molecule has 1 aliphatic heterocycles. The quantitative estimate of drug-likeness (QED) is 0.566. The number of hydrogen-bond acceptors (Lipinski definition) is 3. The van der Waals surface area contributed by atoms with Crippen molar-refractivity contribution in [3.8, 4) is 0 Å². The summed E-state index contributed by atoms with van der Waals surface area (Å²) in [5, 5.41) is 12.1. The molecule has 2 atom stereocenters. The molecule has 70 valence electrons. The Morgan fingerprint density at radius 2 is 2.08 bits per heavy atom. The lowest BCUT2D eigenvalue weighted by molar-refractivity contribution is 0.294. The van der Waals surface area contributed by atoms with E-state index in [0.717, 1.165) is 0 Å². The number of aliphatic hydroxyl groups excluding tert-OH is 1. The number of hydrogen-bond donors (Lipinski definition) is 2. The highest BCUT2D eigenvalue weighted by molar-refractivity contribution is 7.98. The highest BCUT2D eigenvalue weighted by Crippen LogP contribution is 2.30. The number of benzene rings is 1. The third kappa shape index (κ3) is 1.88. The van der Waals surface area contributed by atoms with Crippen LogP contribution in [0.5, 0.6) is 0 Å². The summed E-state index contributed by atoms with van der Waals surface area (Å²) in [7, 11) is 0. The minimum absolute atomic E-state index is 0.231. The van der Waals surface area contributed by atoms with Crippen LogP contribution in [0.2, 0.25) is 0 Å². The van der Waals surface area contributed by atoms with Gasteiger partial charge < -0.3 is 10.4 Å². The summed E-state index contributed by atoms with van der Waals surface area (Å²) in [5.74, 6) is 0. The van der Waals surface area contributed by atoms with Crippen molar-refractivity contribution in [2.24, 2.45) is 0 Å². The van der Waals surface area contributed by atoms with E-state index in [9.17, 15) is 0 Å². The highest BCUT2D eigenvalue weighted by Gasteiger charge is 2.36. The topological polar surface area (TPSA) is 42.2 Å². The lowest BCUT2D eigenvalue weighted by atomic mass is 10.1. The van der Waals surface area contributed by atoms with Crippen LogP contribution >= 0.6 is 11.8 Å². The van der Waals surface area contributed by atoms with Gasteiger partial charge in [0, 0.05) is 4.90 Å². The van der Waals surface area contributed by atoms with E-state index >= 15 is 0 Å². The van der Waals surface area contributed by atoms with Gasteiger partial charge in [0.1, 0.15) is 0 Å². The molecule has 1 heterocycles. The van der Waals surface area contributed by atoms with E-state index < -0.39 is 0 Å². The van der Waals surface area contributed by atoms with Gasteiger partial charge in [0.05, 0.1) is 18.7 Å². The van der Waals surface area contributed by atoms with Gasteiger partial charge >= 0.3 is 0 Å². The monoisotopic (exact) mass is 195 g/mol. The van der Waals surface area contributed by atoms with Gasteiger partial charge in [0.25, 0.3) is 0 Å². The Kier molecular flexibility index (Phi) is 2.58.